The minimum atomic E-state index is 0.393. The number of hydrogen-bond donors (Lipinski definition) is 0. The lowest BCUT2D eigenvalue weighted by Crippen LogP contribution is -2.09. The molecule has 0 saturated heterocycles. The van der Waals surface area contributed by atoms with Gasteiger partial charge in [-0.25, -0.2) is 0 Å². The van der Waals surface area contributed by atoms with Gasteiger partial charge in [0.05, 0.1) is 11.0 Å². The van der Waals surface area contributed by atoms with Crippen molar-refractivity contribution in [2.75, 3.05) is 0 Å². The maximum absolute atomic E-state index is 2.48. The van der Waals surface area contributed by atoms with Crippen molar-refractivity contribution in [3.8, 4) is 16.8 Å². The summed E-state index contributed by atoms with van der Waals surface area (Å²) in [6, 6.07) is 49.4. The summed E-state index contributed by atoms with van der Waals surface area (Å²) >= 11 is 3.88. The maximum atomic E-state index is 2.48. The number of thiophene rings is 1. The number of allylic oxidation sites excluding steroid dienone is 3. The maximum Gasteiger partial charge on any atom is 0.0541 e. The highest BCUT2D eigenvalue weighted by Gasteiger charge is 2.32. The molecule has 1 nitrogen and oxygen atoms in total. The van der Waals surface area contributed by atoms with Gasteiger partial charge in [-0.2, -0.15) is 0 Å². The summed E-state index contributed by atoms with van der Waals surface area (Å²) in [6.07, 6.45) is 7.18. The SMILES string of the molecule is C1=CC2Sc3ccc(-c4ccc5sc6ccc(-n7c8ccccc8c8ccccc87)cc6c5c4)cc3C2C=C1c1ccccc1. The molecule has 0 saturated carbocycles. The second-order valence-corrected chi connectivity index (χ2v) is 14.4. The van der Waals surface area contributed by atoms with Crippen molar-refractivity contribution in [1.29, 1.82) is 0 Å². The molecule has 0 amide bonds. The van der Waals surface area contributed by atoms with Gasteiger partial charge >= 0.3 is 0 Å². The van der Waals surface area contributed by atoms with Gasteiger partial charge in [-0.05, 0) is 82.4 Å². The van der Waals surface area contributed by atoms with Gasteiger partial charge in [-0.3, -0.25) is 0 Å². The number of rotatable bonds is 3. The molecule has 45 heavy (non-hydrogen) atoms. The van der Waals surface area contributed by atoms with Crippen molar-refractivity contribution in [3.05, 3.63) is 163 Å². The molecule has 8 aromatic rings. The molecule has 0 fully saturated rings. The topological polar surface area (TPSA) is 4.93 Å². The Morgan fingerprint density at radius 1 is 0.533 bits per heavy atom. The van der Waals surface area contributed by atoms with Gasteiger partial charge in [0.25, 0.3) is 0 Å². The second-order valence-electron chi connectivity index (χ2n) is 12.1. The Morgan fingerprint density at radius 2 is 1.20 bits per heavy atom. The smallest absolute Gasteiger partial charge is 0.0541 e. The highest BCUT2D eigenvalue weighted by atomic mass is 32.2. The van der Waals surface area contributed by atoms with Gasteiger partial charge < -0.3 is 4.57 Å². The molecule has 3 heteroatoms. The number of thioether (sulfide) groups is 1. The molecular formula is C42H27NS2. The molecule has 0 spiro atoms. The van der Waals surface area contributed by atoms with Gasteiger partial charge in [0, 0.05) is 52.7 Å². The Balaban J connectivity index is 1.09. The van der Waals surface area contributed by atoms with E-state index in [1.807, 2.05) is 23.1 Å². The lowest BCUT2D eigenvalue weighted by atomic mass is 9.86. The van der Waals surface area contributed by atoms with Crippen LogP contribution in [0.15, 0.2) is 157 Å². The fourth-order valence-electron chi connectivity index (χ4n) is 7.39. The average Bonchev–Trinajstić information content (AvgIpc) is 3.77. The fraction of sp³-hybridized carbons (Fsp3) is 0.0476. The van der Waals surface area contributed by atoms with Crippen LogP contribution in [0.5, 0.6) is 0 Å². The predicted octanol–water partition coefficient (Wildman–Crippen LogP) is 12.0. The minimum absolute atomic E-state index is 0.393. The summed E-state index contributed by atoms with van der Waals surface area (Å²) < 4.78 is 5.08. The first-order chi connectivity index (χ1) is 22.3. The Labute approximate surface area is 269 Å². The quantitative estimate of drug-likeness (QED) is 0.193. The molecule has 10 rings (SSSR count). The van der Waals surface area contributed by atoms with Crippen molar-refractivity contribution in [1.82, 2.24) is 4.57 Å². The minimum Gasteiger partial charge on any atom is -0.309 e. The van der Waals surface area contributed by atoms with Crippen LogP contribution in [0.4, 0.5) is 0 Å². The third-order valence-electron chi connectivity index (χ3n) is 9.54. The zero-order valence-electron chi connectivity index (χ0n) is 24.4. The first-order valence-electron chi connectivity index (χ1n) is 15.5. The van der Waals surface area contributed by atoms with E-state index in [0.29, 0.717) is 11.2 Å². The summed E-state index contributed by atoms with van der Waals surface area (Å²) in [5, 5.41) is 5.70. The van der Waals surface area contributed by atoms with E-state index in [9.17, 15) is 0 Å². The predicted molar refractivity (Wildman–Crippen MR) is 195 cm³/mol. The highest BCUT2D eigenvalue weighted by Crippen LogP contribution is 2.51. The molecule has 0 N–H and O–H groups in total. The molecule has 212 valence electrons. The molecule has 1 aliphatic carbocycles. The number of aromatic nitrogens is 1. The van der Waals surface area contributed by atoms with Crippen LogP contribution in [0.1, 0.15) is 17.0 Å². The molecule has 2 aliphatic rings. The van der Waals surface area contributed by atoms with Crippen LogP contribution in [0.25, 0.3) is 64.4 Å². The van der Waals surface area contributed by atoms with Crippen molar-refractivity contribution >= 4 is 70.6 Å². The van der Waals surface area contributed by atoms with E-state index < -0.39 is 0 Å². The van der Waals surface area contributed by atoms with Gasteiger partial charge in [0.15, 0.2) is 0 Å². The summed E-state index contributed by atoms with van der Waals surface area (Å²) in [5.41, 5.74) is 10.3. The standard InChI is InChI=1S/C42H27NS2/c1-2-8-26(9-3-1)27-14-18-39-33(22-27)34-23-28(15-19-40(34)44-39)29-16-20-41-35(24-29)36-25-30(17-21-42(36)45-41)43-37-12-6-4-10-31(37)32-11-5-7-13-38(32)43/h1-25,33,39H. The number of hydrogen-bond acceptors (Lipinski definition) is 2. The number of para-hydroxylation sites is 2. The molecule has 1 aliphatic heterocycles. The van der Waals surface area contributed by atoms with Crippen LogP contribution in [0.2, 0.25) is 0 Å². The second kappa shape index (κ2) is 9.84. The summed E-state index contributed by atoms with van der Waals surface area (Å²) in [4.78, 5) is 1.40. The van der Waals surface area contributed by atoms with Crippen molar-refractivity contribution < 1.29 is 0 Å². The number of fused-ring (bicyclic) bond motifs is 9. The molecule has 2 atom stereocenters. The lowest BCUT2D eigenvalue weighted by Gasteiger charge is -2.19. The normalized spacial score (nSPS) is 17.3. The van der Waals surface area contributed by atoms with Crippen LogP contribution < -0.4 is 0 Å². The number of benzene rings is 6. The summed E-state index contributed by atoms with van der Waals surface area (Å²) in [7, 11) is 0. The highest BCUT2D eigenvalue weighted by molar-refractivity contribution is 8.00. The Bertz CT molecular complexity index is 2470. The monoisotopic (exact) mass is 609 g/mol. The molecule has 0 radical (unpaired) electrons. The first-order valence-corrected chi connectivity index (χ1v) is 17.2. The van der Waals surface area contributed by atoms with Crippen LogP contribution in [-0.2, 0) is 0 Å². The van der Waals surface area contributed by atoms with E-state index in [4.69, 9.17) is 0 Å². The third-order valence-corrected chi connectivity index (χ3v) is 12.0. The molecule has 3 heterocycles. The van der Waals surface area contributed by atoms with E-state index in [2.05, 4.69) is 156 Å². The van der Waals surface area contributed by atoms with E-state index in [1.54, 1.807) is 0 Å². The molecular weight excluding hydrogens is 583 g/mol. The van der Waals surface area contributed by atoms with E-state index in [-0.39, 0.29) is 0 Å². The van der Waals surface area contributed by atoms with Gasteiger partial charge in [-0.1, -0.05) is 97.1 Å². The molecule has 0 bridgehead atoms. The molecule has 2 unspecified atom stereocenters. The Hall–Kier alpha value is -4.83. The summed E-state index contributed by atoms with van der Waals surface area (Å²) in [6.45, 7) is 0. The lowest BCUT2D eigenvalue weighted by molar-refractivity contribution is 0.885. The summed E-state index contributed by atoms with van der Waals surface area (Å²) in [5.74, 6) is 0.393. The van der Waals surface area contributed by atoms with Crippen molar-refractivity contribution in [3.63, 3.8) is 0 Å². The van der Waals surface area contributed by atoms with E-state index in [0.717, 1.165) is 0 Å². The Morgan fingerprint density at radius 3 is 2.00 bits per heavy atom. The van der Waals surface area contributed by atoms with Crippen LogP contribution >= 0.6 is 23.1 Å². The Kier molecular flexibility index (Phi) is 5.57. The zero-order chi connectivity index (χ0) is 29.5. The van der Waals surface area contributed by atoms with Gasteiger partial charge in [-0.15, -0.1) is 23.1 Å². The third kappa shape index (κ3) is 3.94. The largest absolute Gasteiger partial charge is 0.309 e. The van der Waals surface area contributed by atoms with Crippen LogP contribution in [0, 0.1) is 0 Å². The fourth-order valence-corrected chi connectivity index (χ4v) is 9.76. The number of nitrogens with zero attached hydrogens (tertiary/aromatic N) is 1. The van der Waals surface area contributed by atoms with Crippen LogP contribution in [0.3, 0.4) is 0 Å². The van der Waals surface area contributed by atoms with Gasteiger partial charge in [0.1, 0.15) is 0 Å². The van der Waals surface area contributed by atoms with Crippen molar-refractivity contribution in [2.45, 2.75) is 16.1 Å². The van der Waals surface area contributed by atoms with Gasteiger partial charge in [0.2, 0.25) is 0 Å². The average molecular weight is 610 g/mol. The molecule has 6 aromatic carbocycles. The molecule has 2 aromatic heterocycles. The van der Waals surface area contributed by atoms with E-state index >= 15 is 0 Å². The van der Waals surface area contributed by atoms with Crippen LogP contribution in [-0.4, -0.2) is 9.82 Å². The first kappa shape index (κ1) is 25.5. The van der Waals surface area contributed by atoms with Crippen molar-refractivity contribution in [2.24, 2.45) is 0 Å². The zero-order valence-corrected chi connectivity index (χ0v) is 26.0. The van der Waals surface area contributed by atoms with E-state index in [1.165, 1.54) is 80.4 Å².